The van der Waals surface area contributed by atoms with Crippen molar-refractivity contribution in [3.8, 4) is 0 Å². The Morgan fingerprint density at radius 3 is 2.26 bits per heavy atom. The molecule has 23 heavy (non-hydrogen) atoms. The van der Waals surface area contributed by atoms with Crippen molar-refractivity contribution in [1.82, 2.24) is 5.32 Å². The first kappa shape index (κ1) is 17.3. The van der Waals surface area contributed by atoms with Crippen LogP contribution in [0.5, 0.6) is 0 Å². The van der Waals surface area contributed by atoms with Crippen molar-refractivity contribution in [3.05, 3.63) is 24.3 Å². The lowest BCUT2D eigenvalue weighted by atomic mass is 9.76. The van der Waals surface area contributed by atoms with E-state index in [2.05, 4.69) is 10.6 Å². The Hall–Kier alpha value is -2.02. The normalized spacial score (nSPS) is 16.8. The van der Waals surface area contributed by atoms with E-state index in [1.807, 2.05) is 12.1 Å². The average Bonchev–Trinajstić information content (AvgIpc) is 2.43. The van der Waals surface area contributed by atoms with Gasteiger partial charge in [0.15, 0.2) is 0 Å². The van der Waals surface area contributed by atoms with Crippen molar-refractivity contribution >= 4 is 35.2 Å². The first-order valence-electron chi connectivity index (χ1n) is 7.42. The Bertz CT molecular complexity index is 611. The van der Waals surface area contributed by atoms with E-state index in [1.54, 1.807) is 19.1 Å². The number of carboxylic acids is 1. The van der Waals surface area contributed by atoms with E-state index in [4.69, 9.17) is 0 Å². The minimum atomic E-state index is -1.08. The monoisotopic (exact) mass is 336 g/mol. The second kappa shape index (κ2) is 7.04. The van der Waals surface area contributed by atoms with Crippen LogP contribution in [0.1, 0.15) is 33.1 Å². The summed E-state index contributed by atoms with van der Waals surface area (Å²) in [7, 11) is 0. The number of amides is 2. The molecule has 2 rings (SSSR count). The highest BCUT2D eigenvalue weighted by molar-refractivity contribution is 8.00. The van der Waals surface area contributed by atoms with Gasteiger partial charge in [-0.3, -0.25) is 9.59 Å². The summed E-state index contributed by atoms with van der Waals surface area (Å²) in [5, 5.41) is 14.2. The van der Waals surface area contributed by atoms with Crippen molar-refractivity contribution in [3.63, 3.8) is 0 Å². The molecule has 3 N–H and O–H groups in total. The zero-order valence-electron chi connectivity index (χ0n) is 13.1. The molecule has 0 saturated heterocycles. The Balaban J connectivity index is 1.93. The number of benzene rings is 1. The molecular weight excluding hydrogens is 316 g/mol. The molecule has 0 aromatic heterocycles. The zero-order valence-corrected chi connectivity index (χ0v) is 13.9. The average molecular weight is 336 g/mol. The van der Waals surface area contributed by atoms with Crippen LogP contribution < -0.4 is 10.6 Å². The van der Waals surface area contributed by atoms with Crippen molar-refractivity contribution in [2.24, 2.45) is 0 Å². The van der Waals surface area contributed by atoms with Gasteiger partial charge >= 0.3 is 5.97 Å². The number of rotatable bonds is 6. The van der Waals surface area contributed by atoms with Crippen molar-refractivity contribution < 1.29 is 19.5 Å². The fourth-order valence-corrected chi connectivity index (χ4v) is 3.21. The summed E-state index contributed by atoms with van der Waals surface area (Å²) in [5.74, 6) is -1.38. The van der Waals surface area contributed by atoms with E-state index in [-0.39, 0.29) is 11.8 Å². The molecule has 1 aromatic carbocycles. The number of carboxylic acid groups (broad SMARTS) is 1. The number of hydrogen-bond donors (Lipinski definition) is 3. The number of anilines is 1. The molecular formula is C16H20N2O4S. The number of nitrogens with one attached hydrogen (secondary N) is 2. The van der Waals surface area contributed by atoms with E-state index < -0.39 is 16.8 Å². The summed E-state index contributed by atoms with van der Waals surface area (Å²) in [6.07, 6.45) is 1.78. The highest BCUT2D eigenvalue weighted by Crippen LogP contribution is 2.33. The van der Waals surface area contributed by atoms with Crippen molar-refractivity contribution in [2.45, 2.75) is 48.8 Å². The molecule has 2 amide bonds. The number of hydrogen-bond acceptors (Lipinski definition) is 4. The molecule has 7 heteroatoms. The minimum Gasteiger partial charge on any atom is -0.480 e. The number of aliphatic carboxylic acids is 1. The van der Waals surface area contributed by atoms with Crippen molar-refractivity contribution in [1.29, 1.82) is 0 Å². The second-order valence-electron chi connectivity index (χ2n) is 5.70. The van der Waals surface area contributed by atoms with E-state index in [1.165, 1.54) is 18.7 Å². The van der Waals surface area contributed by atoms with Crippen LogP contribution in [-0.2, 0) is 14.4 Å². The minimum absolute atomic E-state index is 0.141. The Morgan fingerprint density at radius 1 is 1.22 bits per heavy atom. The highest BCUT2D eigenvalue weighted by atomic mass is 32.2. The molecule has 1 aromatic rings. The van der Waals surface area contributed by atoms with E-state index >= 15 is 0 Å². The molecule has 124 valence electrons. The van der Waals surface area contributed by atoms with Gasteiger partial charge in [-0.2, -0.15) is 0 Å². The maximum absolute atomic E-state index is 12.2. The van der Waals surface area contributed by atoms with Gasteiger partial charge in [0.25, 0.3) is 0 Å². The molecule has 1 unspecified atom stereocenters. The smallest absolute Gasteiger partial charge is 0.329 e. The van der Waals surface area contributed by atoms with Gasteiger partial charge < -0.3 is 15.7 Å². The fraction of sp³-hybridized carbons (Fsp3) is 0.438. The van der Waals surface area contributed by atoms with Crippen LogP contribution in [0.15, 0.2) is 29.2 Å². The maximum atomic E-state index is 12.2. The molecule has 0 aliphatic heterocycles. The summed E-state index contributed by atoms with van der Waals surface area (Å²) < 4.78 is 0. The molecule has 1 aliphatic carbocycles. The summed E-state index contributed by atoms with van der Waals surface area (Å²) in [5.41, 5.74) is -0.389. The highest BCUT2D eigenvalue weighted by Gasteiger charge is 2.46. The fourth-order valence-electron chi connectivity index (χ4n) is 2.34. The SMILES string of the molecule is CC(=O)Nc1ccc(SC(C)C(=O)NC2(C(=O)O)CCC2)cc1. The van der Waals surface area contributed by atoms with Gasteiger partial charge in [-0.1, -0.05) is 0 Å². The lowest BCUT2D eigenvalue weighted by Gasteiger charge is -2.38. The zero-order chi connectivity index (χ0) is 17.0. The summed E-state index contributed by atoms with van der Waals surface area (Å²) in [4.78, 5) is 35.4. The van der Waals surface area contributed by atoms with E-state index in [0.29, 0.717) is 18.5 Å². The van der Waals surface area contributed by atoms with Crippen molar-refractivity contribution in [2.75, 3.05) is 5.32 Å². The standard InChI is InChI=1S/C16H20N2O4S/c1-10(14(20)18-16(15(21)22)8-3-9-16)23-13-6-4-12(5-7-13)17-11(2)19/h4-7,10H,3,8-9H2,1-2H3,(H,17,19)(H,18,20)(H,21,22). The molecule has 6 nitrogen and oxygen atoms in total. The van der Waals surface area contributed by atoms with Crippen LogP contribution in [0.3, 0.4) is 0 Å². The number of thioether (sulfide) groups is 1. The van der Waals surface area contributed by atoms with Crippen LogP contribution in [0, 0.1) is 0 Å². The molecule has 0 heterocycles. The van der Waals surface area contributed by atoms with Gasteiger partial charge in [0.05, 0.1) is 5.25 Å². The molecule has 1 saturated carbocycles. The van der Waals surface area contributed by atoms with E-state index in [0.717, 1.165) is 11.3 Å². The third-order valence-corrected chi connectivity index (χ3v) is 4.95. The molecule has 0 bridgehead atoms. The van der Waals surface area contributed by atoms with Gasteiger partial charge in [0, 0.05) is 17.5 Å². The summed E-state index contributed by atoms with van der Waals surface area (Å²) in [6, 6.07) is 7.16. The predicted octanol–water partition coefficient (Wildman–Crippen LogP) is 2.25. The Labute approximate surface area is 139 Å². The molecule has 1 atom stereocenters. The largest absolute Gasteiger partial charge is 0.480 e. The van der Waals surface area contributed by atoms with Crippen LogP contribution >= 0.6 is 11.8 Å². The molecule has 1 fully saturated rings. The number of carbonyl (C=O) groups excluding carboxylic acids is 2. The third-order valence-electron chi connectivity index (χ3n) is 3.84. The second-order valence-corrected chi connectivity index (χ2v) is 7.11. The first-order valence-corrected chi connectivity index (χ1v) is 8.30. The molecule has 1 aliphatic rings. The lowest BCUT2D eigenvalue weighted by Crippen LogP contribution is -2.60. The number of carbonyl (C=O) groups is 3. The van der Waals surface area contributed by atoms with E-state index in [9.17, 15) is 19.5 Å². The van der Waals surface area contributed by atoms with Crippen LogP contribution in [0.4, 0.5) is 5.69 Å². The lowest BCUT2D eigenvalue weighted by molar-refractivity contribution is -0.151. The van der Waals surface area contributed by atoms with Gasteiger partial charge in [-0.05, 0) is 50.5 Å². The summed E-state index contributed by atoms with van der Waals surface area (Å²) in [6.45, 7) is 3.18. The van der Waals surface area contributed by atoms with Gasteiger partial charge in [0.2, 0.25) is 11.8 Å². The third kappa shape index (κ3) is 4.25. The van der Waals surface area contributed by atoms with Gasteiger partial charge in [0.1, 0.15) is 5.54 Å². The van der Waals surface area contributed by atoms with Crippen LogP contribution in [0.25, 0.3) is 0 Å². The first-order chi connectivity index (χ1) is 10.8. The maximum Gasteiger partial charge on any atom is 0.329 e. The summed E-state index contributed by atoms with van der Waals surface area (Å²) >= 11 is 1.35. The molecule has 0 radical (unpaired) electrons. The quantitative estimate of drug-likeness (QED) is 0.693. The predicted molar refractivity (Wildman–Crippen MR) is 88.4 cm³/mol. The van der Waals surface area contributed by atoms with Crippen LogP contribution in [-0.4, -0.2) is 33.7 Å². The topological polar surface area (TPSA) is 95.5 Å². The van der Waals surface area contributed by atoms with Gasteiger partial charge in [-0.15, -0.1) is 11.8 Å². The van der Waals surface area contributed by atoms with Gasteiger partial charge in [-0.25, -0.2) is 4.79 Å². The molecule has 0 spiro atoms. The Kier molecular flexibility index (Phi) is 5.30. The Morgan fingerprint density at radius 2 is 1.83 bits per heavy atom. The van der Waals surface area contributed by atoms with Crippen LogP contribution in [0.2, 0.25) is 0 Å².